The fraction of sp³-hybridized carbons (Fsp3) is 0.273. The number of nitrogens with zero attached hydrogens (tertiary/aromatic N) is 3. The van der Waals surface area contributed by atoms with Crippen molar-refractivity contribution in [3.8, 4) is 22.8 Å². The lowest BCUT2D eigenvalue weighted by Crippen LogP contribution is -2.35. The highest BCUT2D eigenvalue weighted by Gasteiger charge is 2.32. The Bertz CT molecular complexity index is 1070. The summed E-state index contributed by atoms with van der Waals surface area (Å²) in [5.41, 5.74) is 1.11. The lowest BCUT2D eigenvalue weighted by atomic mass is 10.1. The summed E-state index contributed by atoms with van der Waals surface area (Å²) in [6.07, 6.45) is 4.87. The first-order chi connectivity index (χ1) is 14.6. The van der Waals surface area contributed by atoms with Gasteiger partial charge in [-0.2, -0.15) is 0 Å². The number of ether oxygens (including phenoxy) is 2. The van der Waals surface area contributed by atoms with Crippen molar-refractivity contribution in [3.05, 3.63) is 71.0 Å². The Hall–Kier alpha value is -3.68. The van der Waals surface area contributed by atoms with E-state index in [0.717, 1.165) is 24.2 Å². The number of pyridine rings is 1. The molecule has 1 saturated heterocycles. The van der Waals surface area contributed by atoms with Crippen LogP contribution in [0.1, 0.15) is 24.7 Å². The first-order valence-electron chi connectivity index (χ1n) is 9.72. The molecule has 3 aromatic rings. The van der Waals surface area contributed by atoms with Gasteiger partial charge in [-0.1, -0.05) is 0 Å². The van der Waals surface area contributed by atoms with Crippen LogP contribution in [0.5, 0.6) is 11.5 Å². The van der Waals surface area contributed by atoms with Crippen LogP contribution < -0.4 is 15.0 Å². The largest absolute Gasteiger partial charge is 0.497 e. The van der Waals surface area contributed by atoms with E-state index in [-0.39, 0.29) is 24.1 Å². The van der Waals surface area contributed by atoms with Gasteiger partial charge in [-0.3, -0.25) is 14.6 Å². The van der Waals surface area contributed by atoms with E-state index in [9.17, 15) is 9.59 Å². The molecule has 154 valence electrons. The lowest BCUT2D eigenvalue weighted by Gasteiger charge is -2.24. The zero-order valence-corrected chi connectivity index (χ0v) is 16.6. The molecule has 1 fully saturated rings. The predicted octanol–water partition coefficient (Wildman–Crippen LogP) is 2.58. The van der Waals surface area contributed by atoms with E-state index in [1.54, 1.807) is 60.8 Å². The van der Waals surface area contributed by atoms with Crippen molar-refractivity contribution in [2.75, 3.05) is 20.3 Å². The van der Waals surface area contributed by atoms with E-state index in [1.807, 2.05) is 0 Å². The maximum absolute atomic E-state index is 12.8. The average molecular weight is 406 g/mol. The smallest absolute Gasteiger partial charge is 0.261 e. The summed E-state index contributed by atoms with van der Waals surface area (Å²) in [6, 6.07) is 11.8. The van der Waals surface area contributed by atoms with E-state index >= 15 is 0 Å². The molecule has 4 rings (SSSR count). The van der Waals surface area contributed by atoms with Crippen molar-refractivity contribution in [1.82, 2.24) is 19.9 Å². The number of amides is 1. The molecular formula is C22H22N4O4. The van der Waals surface area contributed by atoms with E-state index in [0.29, 0.717) is 23.8 Å². The molecule has 1 amide bonds. The van der Waals surface area contributed by atoms with Crippen LogP contribution in [0.4, 0.5) is 0 Å². The molecule has 8 nitrogen and oxygen atoms in total. The Labute approximate surface area is 173 Å². The van der Waals surface area contributed by atoms with Crippen molar-refractivity contribution in [2.45, 2.75) is 18.9 Å². The van der Waals surface area contributed by atoms with E-state index in [2.05, 4.69) is 15.0 Å². The number of hydrogen-bond donors (Lipinski definition) is 1. The number of rotatable bonds is 6. The fourth-order valence-corrected chi connectivity index (χ4v) is 3.55. The molecular weight excluding hydrogens is 384 g/mol. The molecule has 1 aliphatic rings. The molecule has 0 unspecified atom stereocenters. The van der Waals surface area contributed by atoms with Crippen molar-refractivity contribution < 1.29 is 14.3 Å². The molecule has 0 spiro atoms. The van der Waals surface area contributed by atoms with Gasteiger partial charge in [0.15, 0.2) is 6.61 Å². The van der Waals surface area contributed by atoms with Crippen LogP contribution in [0, 0.1) is 0 Å². The molecule has 1 aliphatic heterocycles. The summed E-state index contributed by atoms with van der Waals surface area (Å²) in [6.45, 7) is 0.510. The molecule has 0 bridgehead atoms. The summed E-state index contributed by atoms with van der Waals surface area (Å²) in [5, 5.41) is 0. The lowest BCUT2D eigenvalue weighted by molar-refractivity contribution is -0.134. The number of carbonyl (C=O) groups is 1. The van der Waals surface area contributed by atoms with Gasteiger partial charge in [0.25, 0.3) is 11.5 Å². The summed E-state index contributed by atoms with van der Waals surface area (Å²) >= 11 is 0. The maximum atomic E-state index is 12.8. The Morgan fingerprint density at radius 2 is 1.90 bits per heavy atom. The molecule has 2 aromatic heterocycles. The number of benzene rings is 1. The monoisotopic (exact) mass is 406 g/mol. The van der Waals surface area contributed by atoms with Crippen LogP contribution in [-0.2, 0) is 4.79 Å². The Morgan fingerprint density at radius 3 is 2.63 bits per heavy atom. The predicted molar refractivity (Wildman–Crippen MR) is 110 cm³/mol. The minimum absolute atomic E-state index is 0.0862. The molecule has 1 N–H and O–H groups in total. The van der Waals surface area contributed by atoms with Crippen molar-refractivity contribution in [2.24, 2.45) is 0 Å². The third-order valence-electron chi connectivity index (χ3n) is 5.05. The normalized spacial score (nSPS) is 15.8. The first kappa shape index (κ1) is 19.6. The quantitative estimate of drug-likeness (QED) is 0.676. The van der Waals surface area contributed by atoms with Gasteiger partial charge >= 0.3 is 0 Å². The van der Waals surface area contributed by atoms with Crippen LogP contribution >= 0.6 is 0 Å². The molecule has 0 aliphatic carbocycles. The van der Waals surface area contributed by atoms with Gasteiger partial charge in [-0.15, -0.1) is 0 Å². The topological polar surface area (TPSA) is 97.4 Å². The number of hydrogen-bond acceptors (Lipinski definition) is 6. The second-order valence-electron chi connectivity index (χ2n) is 6.96. The summed E-state index contributed by atoms with van der Waals surface area (Å²) < 4.78 is 10.8. The van der Waals surface area contributed by atoms with Gasteiger partial charge in [0.05, 0.1) is 18.8 Å². The van der Waals surface area contributed by atoms with Gasteiger partial charge in [0, 0.05) is 30.6 Å². The van der Waals surface area contributed by atoms with E-state index < -0.39 is 0 Å². The van der Waals surface area contributed by atoms with Gasteiger partial charge in [0.1, 0.15) is 17.3 Å². The van der Waals surface area contributed by atoms with Gasteiger partial charge in [0.2, 0.25) is 0 Å². The molecule has 3 heterocycles. The average Bonchev–Trinajstić information content (AvgIpc) is 3.28. The SMILES string of the molecule is COc1ccc(OCC(=O)N2CCC[C@H]2c2nc(-c3ccncc3)cc(=O)[nH]2)cc1. The highest BCUT2D eigenvalue weighted by atomic mass is 16.5. The second kappa shape index (κ2) is 8.77. The molecule has 1 aromatic carbocycles. The van der Waals surface area contributed by atoms with Gasteiger partial charge in [-0.05, 0) is 49.2 Å². The van der Waals surface area contributed by atoms with Gasteiger partial charge < -0.3 is 19.4 Å². The van der Waals surface area contributed by atoms with Crippen LogP contribution in [0.15, 0.2) is 59.7 Å². The molecule has 1 atom stereocenters. The highest BCUT2D eigenvalue weighted by molar-refractivity contribution is 5.78. The third kappa shape index (κ3) is 4.32. The number of carbonyl (C=O) groups excluding carboxylic acids is 1. The van der Waals surface area contributed by atoms with E-state index in [1.165, 1.54) is 6.07 Å². The Kier molecular flexibility index (Phi) is 5.74. The molecule has 30 heavy (non-hydrogen) atoms. The number of aromatic nitrogens is 3. The van der Waals surface area contributed by atoms with Crippen molar-refractivity contribution >= 4 is 5.91 Å². The number of methoxy groups -OCH3 is 1. The summed E-state index contributed by atoms with van der Waals surface area (Å²) in [5.74, 6) is 1.65. The summed E-state index contributed by atoms with van der Waals surface area (Å²) in [4.78, 5) is 38.2. The number of H-pyrrole nitrogens is 1. The van der Waals surface area contributed by atoms with Crippen LogP contribution in [0.2, 0.25) is 0 Å². The first-order valence-corrected chi connectivity index (χ1v) is 9.72. The molecule has 0 radical (unpaired) electrons. The number of nitrogens with one attached hydrogen (secondary N) is 1. The summed E-state index contributed by atoms with van der Waals surface area (Å²) in [7, 11) is 1.59. The molecule has 0 saturated carbocycles. The van der Waals surface area contributed by atoms with Crippen LogP contribution in [0.3, 0.4) is 0 Å². The second-order valence-corrected chi connectivity index (χ2v) is 6.96. The number of likely N-dealkylation sites (tertiary alicyclic amines) is 1. The fourth-order valence-electron chi connectivity index (χ4n) is 3.55. The molecule has 8 heteroatoms. The zero-order chi connectivity index (χ0) is 20.9. The third-order valence-corrected chi connectivity index (χ3v) is 5.05. The minimum Gasteiger partial charge on any atom is -0.497 e. The van der Waals surface area contributed by atoms with Crippen LogP contribution in [0.25, 0.3) is 11.3 Å². The maximum Gasteiger partial charge on any atom is 0.261 e. The van der Waals surface area contributed by atoms with Gasteiger partial charge in [-0.25, -0.2) is 4.98 Å². The standard InChI is InChI=1S/C22H22N4O4/c1-29-16-4-6-17(7-5-16)30-14-21(28)26-12-2-3-19(26)22-24-18(13-20(27)25-22)15-8-10-23-11-9-15/h4-11,13,19H,2-3,12,14H2,1H3,(H,24,25,27)/t19-/m0/s1. The van der Waals surface area contributed by atoms with E-state index in [4.69, 9.17) is 9.47 Å². The van der Waals surface area contributed by atoms with Crippen molar-refractivity contribution in [1.29, 1.82) is 0 Å². The zero-order valence-electron chi connectivity index (χ0n) is 16.6. The Balaban J connectivity index is 1.49. The Morgan fingerprint density at radius 1 is 1.17 bits per heavy atom. The number of aromatic amines is 1. The van der Waals surface area contributed by atoms with Crippen LogP contribution in [-0.4, -0.2) is 46.0 Å². The van der Waals surface area contributed by atoms with Crippen molar-refractivity contribution in [3.63, 3.8) is 0 Å². The minimum atomic E-state index is -0.286. The highest BCUT2D eigenvalue weighted by Crippen LogP contribution is 2.30.